The van der Waals surface area contributed by atoms with Gasteiger partial charge in [-0.25, -0.2) is 17.9 Å². The lowest BCUT2D eigenvalue weighted by molar-refractivity contribution is 0.0695. The highest BCUT2D eigenvalue weighted by molar-refractivity contribution is 9.10. The van der Waals surface area contributed by atoms with E-state index in [-0.39, 0.29) is 29.0 Å². The molecule has 0 amide bonds. The predicted molar refractivity (Wildman–Crippen MR) is 75.0 cm³/mol. The van der Waals surface area contributed by atoms with Crippen LogP contribution in [0.2, 0.25) is 0 Å². The van der Waals surface area contributed by atoms with Gasteiger partial charge in [0, 0.05) is 23.0 Å². The van der Waals surface area contributed by atoms with Crippen molar-refractivity contribution in [3.05, 3.63) is 28.2 Å². The van der Waals surface area contributed by atoms with Gasteiger partial charge in [0.2, 0.25) is 10.0 Å². The Morgan fingerprint density at radius 3 is 2.55 bits per heavy atom. The van der Waals surface area contributed by atoms with E-state index in [0.29, 0.717) is 4.47 Å². The predicted octanol–water partition coefficient (Wildman–Crippen LogP) is 1.20. The van der Waals surface area contributed by atoms with Gasteiger partial charge in [0.25, 0.3) is 0 Å². The maximum Gasteiger partial charge on any atom is 0.336 e. The van der Waals surface area contributed by atoms with Crippen molar-refractivity contribution in [3.63, 3.8) is 0 Å². The van der Waals surface area contributed by atoms with Crippen LogP contribution in [-0.4, -0.2) is 37.8 Å². The highest BCUT2D eigenvalue weighted by atomic mass is 79.9. The zero-order valence-electron chi connectivity index (χ0n) is 10.5. The van der Waals surface area contributed by atoms with E-state index in [2.05, 4.69) is 20.7 Å². The Hall–Kier alpha value is -0.960. The van der Waals surface area contributed by atoms with Crippen molar-refractivity contribution in [2.24, 2.45) is 5.41 Å². The lowest BCUT2D eigenvalue weighted by Crippen LogP contribution is -2.32. The van der Waals surface area contributed by atoms with E-state index in [0.717, 1.165) is 18.9 Å². The molecule has 2 rings (SSSR count). The Balaban J connectivity index is 2.21. The number of halogens is 1. The van der Waals surface area contributed by atoms with Crippen molar-refractivity contribution in [1.82, 2.24) is 4.72 Å². The summed E-state index contributed by atoms with van der Waals surface area (Å²) >= 11 is 3.06. The Bertz CT molecular complexity index is 639. The highest BCUT2D eigenvalue weighted by Crippen LogP contribution is 2.44. The molecule has 20 heavy (non-hydrogen) atoms. The molecule has 1 aromatic rings. The monoisotopic (exact) mass is 363 g/mol. The number of aromatic carboxylic acids is 1. The second kappa shape index (κ2) is 5.44. The lowest BCUT2D eigenvalue weighted by Gasteiger charge is -2.13. The van der Waals surface area contributed by atoms with Gasteiger partial charge in [-0.2, -0.15) is 0 Å². The molecule has 1 aromatic carbocycles. The fraction of sp³-hybridized carbons (Fsp3) is 0.417. The number of carboxylic acids is 1. The van der Waals surface area contributed by atoms with E-state index in [1.165, 1.54) is 12.1 Å². The highest BCUT2D eigenvalue weighted by Gasteiger charge is 2.42. The van der Waals surface area contributed by atoms with Gasteiger partial charge in [0.05, 0.1) is 10.5 Å². The van der Waals surface area contributed by atoms with Crippen molar-refractivity contribution in [3.8, 4) is 0 Å². The van der Waals surface area contributed by atoms with Crippen LogP contribution in [0.25, 0.3) is 0 Å². The summed E-state index contributed by atoms with van der Waals surface area (Å²) in [6.07, 6.45) is 1.57. The smallest absolute Gasteiger partial charge is 0.336 e. The number of carbonyl (C=O) groups is 1. The number of hydrogen-bond acceptors (Lipinski definition) is 4. The summed E-state index contributed by atoms with van der Waals surface area (Å²) in [4.78, 5) is 10.9. The molecule has 0 aromatic heterocycles. The molecule has 0 radical (unpaired) electrons. The molecule has 1 saturated carbocycles. The molecule has 0 spiro atoms. The van der Waals surface area contributed by atoms with E-state index in [1.54, 1.807) is 0 Å². The van der Waals surface area contributed by atoms with Crippen LogP contribution in [0.15, 0.2) is 27.6 Å². The molecule has 110 valence electrons. The molecule has 6 nitrogen and oxygen atoms in total. The van der Waals surface area contributed by atoms with Crippen molar-refractivity contribution >= 4 is 31.9 Å². The molecular weight excluding hydrogens is 350 g/mol. The Morgan fingerprint density at radius 1 is 1.40 bits per heavy atom. The molecular formula is C12H14BrNO5S. The third-order valence-corrected chi connectivity index (χ3v) is 5.50. The largest absolute Gasteiger partial charge is 0.478 e. The van der Waals surface area contributed by atoms with E-state index < -0.39 is 16.0 Å². The Labute approximate surface area is 125 Å². The van der Waals surface area contributed by atoms with Crippen molar-refractivity contribution in [2.45, 2.75) is 17.7 Å². The summed E-state index contributed by atoms with van der Waals surface area (Å²) in [6.45, 7) is 0.0978. The van der Waals surface area contributed by atoms with Crippen LogP contribution in [0.5, 0.6) is 0 Å². The summed E-state index contributed by atoms with van der Waals surface area (Å²) < 4.78 is 27.0. The van der Waals surface area contributed by atoms with E-state index in [1.807, 2.05) is 0 Å². The normalized spacial score (nSPS) is 16.9. The van der Waals surface area contributed by atoms with E-state index >= 15 is 0 Å². The Morgan fingerprint density at radius 2 is 2.05 bits per heavy atom. The third-order valence-electron chi connectivity index (χ3n) is 3.41. The minimum absolute atomic E-state index is 0.0593. The number of aliphatic hydroxyl groups excluding tert-OH is 1. The third kappa shape index (κ3) is 3.20. The molecule has 0 bridgehead atoms. The molecule has 0 heterocycles. The van der Waals surface area contributed by atoms with Crippen LogP contribution in [0.1, 0.15) is 23.2 Å². The van der Waals surface area contributed by atoms with E-state index in [4.69, 9.17) is 10.2 Å². The number of sulfonamides is 1. The standard InChI is InChI=1S/C12H14BrNO5S/c13-10-2-1-8(5-9(10)11(16)17)20(18,19)14-6-12(7-15)3-4-12/h1-2,5,14-15H,3-4,6-7H2,(H,16,17). The van der Waals surface area contributed by atoms with Crippen LogP contribution < -0.4 is 4.72 Å². The van der Waals surface area contributed by atoms with Gasteiger partial charge in [0.15, 0.2) is 0 Å². The van der Waals surface area contributed by atoms with Crippen LogP contribution in [0, 0.1) is 5.41 Å². The zero-order valence-corrected chi connectivity index (χ0v) is 12.9. The van der Waals surface area contributed by atoms with Gasteiger partial charge >= 0.3 is 5.97 Å². The molecule has 3 N–H and O–H groups in total. The second-order valence-corrected chi connectivity index (χ2v) is 7.55. The van der Waals surface area contributed by atoms with Crippen LogP contribution in [0.4, 0.5) is 0 Å². The number of rotatable bonds is 6. The lowest BCUT2D eigenvalue weighted by atomic mass is 10.1. The topological polar surface area (TPSA) is 104 Å². The molecule has 1 aliphatic rings. The Kier molecular flexibility index (Phi) is 4.19. The number of benzene rings is 1. The summed E-state index contributed by atoms with van der Waals surface area (Å²) in [6, 6.07) is 3.82. The minimum atomic E-state index is -3.78. The molecule has 1 aliphatic carbocycles. The first-order chi connectivity index (χ1) is 9.30. The van der Waals surface area contributed by atoms with Crippen LogP contribution >= 0.6 is 15.9 Å². The first-order valence-electron chi connectivity index (χ1n) is 5.93. The van der Waals surface area contributed by atoms with Gasteiger partial charge in [-0.05, 0) is 47.0 Å². The first kappa shape index (κ1) is 15.4. The van der Waals surface area contributed by atoms with Crippen molar-refractivity contribution < 1.29 is 23.4 Å². The van der Waals surface area contributed by atoms with Crippen LogP contribution in [-0.2, 0) is 10.0 Å². The fourth-order valence-corrected chi connectivity index (χ4v) is 3.33. The second-order valence-electron chi connectivity index (χ2n) is 4.93. The molecule has 0 unspecified atom stereocenters. The molecule has 0 aliphatic heterocycles. The van der Waals surface area contributed by atoms with Crippen LogP contribution in [0.3, 0.4) is 0 Å². The maximum atomic E-state index is 12.1. The zero-order chi connectivity index (χ0) is 15.0. The average Bonchev–Trinajstić information content (AvgIpc) is 3.17. The minimum Gasteiger partial charge on any atom is -0.478 e. The number of aliphatic hydroxyl groups is 1. The van der Waals surface area contributed by atoms with Gasteiger partial charge < -0.3 is 10.2 Å². The quantitative estimate of drug-likeness (QED) is 0.704. The number of nitrogens with one attached hydrogen (secondary N) is 1. The van der Waals surface area contributed by atoms with Gasteiger partial charge in [-0.3, -0.25) is 0 Å². The van der Waals surface area contributed by atoms with E-state index in [9.17, 15) is 13.2 Å². The number of hydrogen-bond donors (Lipinski definition) is 3. The molecule has 1 fully saturated rings. The number of carboxylic acid groups (broad SMARTS) is 1. The molecule has 0 saturated heterocycles. The summed E-state index contributed by atoms with van der Waals surface area (Å²) in [5.74, 6) is -1.21. The summed E-state index contributed by atoms with van der Waals surface area (Å²) in [7, 11) is -3.78. The van der Waals surface area contributed by atoms with Crippen molar-refractivity contribution in [1.29, 1.82) is 0 Å². The van der Waals surface area contributed by atoms with Gasteiger partial charge in [-0.15, -0.1) is 0 Å². The maximum absolute atomic E-state index is 12.1. The average molecular weight is 364 g/mol. The molecule has 8 heteroatoms. The van der Waals surface area contributed by atoms with Gasteiger partial charge in [-0.1, -0.05) is 0 Å². The summed E-state index contributed by atoms with van der Waals surface area (Å²) in [5, 5.41) is 18.1. The SMILES string of the molecule is O=C(O)c1cc(S(=O)(=O)NCC2(CO)CC2)ccc1Br. The fourth-order valence-electron chi connectivity index (χ4n) is 1.73. The summed E-state index contributed by atoms with van der Waals surface area (Å²) in [5.41, 5.74) is -0.464. The van der Waals surface area contributed by atoms with Crippen molar-refractivity contribution in [2.75, 3.05) is 13.2 Å². The first-order valence-corrected chi connectivity index (χ1v) is 8.21. The molecule has 0 atom stereocenters. The van der Waals surface area contributed by atoms with Gasteiger partial charge in [0.1, 0.15) is 0 Å².